The molecule has 0 saturated carbocycles. The third-order valence-corrected chi connectivity index (χ3v) is 2.82. The van der Waals surface area contributed by atoms with E-state index >= 15 is 0 Å². The van der Waals surface area contributed by atoms with Gasteiger partial charge < -0.3 is 16.5 Å². The number of nitrogens with one attached hydrogen (secondary N) is 1. The molecule has 3 rings (SSSR count). The molecule has 0 radical (unpaired) electrons. The Morgan fingerprint density at radius 2 is 2.05 bits per heavy atom. The summed E-state index contributed by atoms with van der Waals surface area (Å²) in [4.78, 5) is 25.3. The van der Waals surface area contributed by atoms with Gasteiger partial charge in [0.1, 0.15) is 23.4 Å². The predicted octanol–water partition coefficient (Wildman–Crippen LogP) is 1.09. The standard InChI is InChI=1S/C11H9N7O2/c12-6-2-1-5(3-7(6)18(19)20)10-16-8-9(13)14-4-15-11(8)17-10/h1-4H,12H2,(H3,13,14,15,16,17). The molecule has 0 aliphatic heterocycles. The van der Waals surface area contributed by atoms with Crippen LogP contribution in [-0.2, 0) is 0 Å². The Bertz CT molecular complexity index is 827. The van der Waals surface area contributed by atoms with Gasteiger partial charge in [-0.2, -0.15) is 0 Å². The number of rotatable bonds is 2. The number of hydrogen-bond donors (Lipinski definition) is 3. The van der Waals surface area contributed by atoms with Gasteiger partial charge in [0.25, 0.3) is 5.69 Å². The van der Waals surface area contributed by atoms with E-state index in [0.29, 0.717) is 22.6 Å². The Balaban J connectivity index is 2.18. The first-order valence-electron chi connectivity index (χ1n) is 5.56. The molecule has 0 atom stereocenters. The molecule has 5 N–H and O–H groups in total. The van der Waals surface area contributed by atoms with E-state index in [2.05, 4.69) is 19.9 Å². The molecule has 0 bridgehead atoms. The molecule has 20 heavy (non-hydrogen) atoms. The van der Waals surface area contributed by atoms with Gasteiger partial charge in [-0.1, -0.05) is 0 Å². The van der Waals surface area contributed by atoms with Crippen LogP contribution in [0.25, 0.3) is 22.6 Å². The number of nitrogens with two attached hydrogens (primary N) is 2. The number of H-pyrrole nitrogens is 1. The van der Waals surface area contributed by atoms with Crippen molar-refractivity contribution in [3.8, 4) is 11.4 Å². The van der Waals surface area contributed by atoms with E-state index in [1.54, 1.807) is 6.07 Å². The van der Waals surface area contributed by atoms with Crippen molar-refractivity contribution in [1.29, 1.82) is 0 Å². The fourth-order valence-electron chi connectivity index (χ4n) is 1.83. The normalized spacial score (nSPS) is 10.8. The topological polar surface area (TPSA) is 150 Å². The van der Waals surface area contributed by atoms with Crippen LogP contribution in [-0.4, -0.2) is 24.9 Å². The number of benzene rings is 1. The van der Waals surface area contributed by atoms with Crippen molar-refractivity contribution in [3.63, 3.8) is 0 Å². The minimum absolute atomic E-state index is 0.0918. The maximum atomic E-state index is 10.9. The second kappa shape index (κ2) is 4.16. The molecule has 2 heterocycles. The summed E-state index contributed by atoms with van der Waals surface area (Å²) in [6.45, 7) is 0. The SMILES string of the molecule is Nc1ccc(-c2nc3ncnc(N)c3[nH]2)cc1[N+](=O)[O-]. The minimum Gasteiger partial charge on any atom is -0.393 e. The Hall–Kier alpha value is -3.23. The molecule has 0 fully saturated rings. The smallest absolute Gasteiger partial charge is 0.292 e. The molecule has 1 aromatic carbocycles. The molecule has 0 unspecified atom stereocenters. The number of nitro benzene ring substituents is 1. The van der Waals surface area contributed by atoms with Crippen LogP contribution < -0.4 is 11.5 Å². The number of aromatic amines is 1. The highest BCUT2D eigenvalue weighted by Crippen LogP contribution is 2.28. The lowest BCUT2D eigenvalue weighted by atomic mass is 10.1. The fourth-order valence-corrected chi connectivity index (χ4v) is 1.83. The third-order valence-electron chi connectivity index (χ3n) is 2.82. The summed E-state index contributed by atoms with van der Waals surface area (Å²) in [6, 6.07) is 4.43. The van der Waals surface area contributed by atoms with Gasteiger partial charge in [0.15, 0.2) is 11.5 Å². The zero-order chi connectivity index (χ0) is 14.3. The van der Waals surface area contributed by atoms with Gasteiger partial charge in [-0.05, 0) is 12.1 Å². The van der Waals surface area contributed by atoms with E-state index in [9.17, 15) is 10.1 Å². The summed E-state index contributed by atoms with van der Waals surface area (Å²) >= 11 is 0. The summed E-state index contributed by atoms with van der Waals surface area (Å²) < 4.78 is 0. The molecule has 100 valence electrons. The lowest BCUT2D eigenvalue weighted by molar-refractivity contribution is -0.383. The van der Waals surface area contributed by atoms with E-state index in [1.165, 1.54) is 18.5 Å². The first kappa shape index (κ1) is 11.8. The number of anilines is 2. The molecule has 0 aliphatic carbocycles. The van der Waals surface area contributed by atoms with Crippen molar-refractivity contribution >= 4 is 28.4 Å². The maximum absolute atomic E-state index is 10.9. The Kier molecular flexibility index (Phi) is 2.46. The lowest BCUT2D eigenvalue weighted by Crippen LogP contribution is -1.96. The highest BCUT2D eigenvalue weighted by molar-refractivity contribution is 5.84. The van der Waals surface area contributed by atoms with Crippen LogP contribution in [0.4, 0.5) is 17.2 Å². The van der Waals surface area contributed by atoms with Crippen molar-refractivity contribution in [2.75, 3.05) is 11.5 Å². The van der Waals surface area contributed by atoms with E-state index < -0.39 is 4.92 Å². The average molecular weight is 271 g/mol. The van der Waals surface area contributed by atoms with Gasteiger partial charge in [-0.15, -0.1) is 0 Å². The summed E-state index contributed by atoms with van der Waals surface area (Å²) in [5.41, 5.74) is 12.6. The minimum atomic E-state index is -0.546. The molecule has 2 aromatic heterocycles. The van der Waals surface area contributed by atoms with Crippen molar-refractivity contribution in [3.05, 3.63) is 34.6 Å². The van der Waals surface area contributed by atoms with E-state index in [1.807, 2.05) is 0 Å². The lowest BCUT2D eigenvalue weighted by Gasteiger charge is -1.99. The molecular weight excluding hydrogens is 262 g/mol. The highest BCUT2D eigenvalue weighted by Gasteiger charge is 2.15. The van der Waals surface area contributed by atoms with Gasteiger partial charge in [0.2, 0.25) is 0 Å². The first-order chi connectivity index (χ1) is 9.56. The molecule has 0 amide bonds. The summed E-state index contributed by atoms with van der Waals surface area (Å²) in [5.74, 6) is 0.675. The molecule has 0 saturated heterocycles. The molecule has 9 nitrogen and oxygen atoms in total. The van der Waals surface area contributed by atoms with Crippen molar-refractivity contribution < 1.29 is 4.92 Å². The van der Waals surface area contributed by atoms with Gasteiger partial charge in [-0.3, -0.25) is 10.1 Å². The van der Waals surface area contributed by atoms with Crippen molar-refractivity contribution in [1.82, 2.24) is 19.9 Å². The fraction of sp³-hybridized carbons (Fsp3) is 0. The number of aromatic nitrogens is 4. The second-order valence-electron chi connectivity index (χ2n) is 4.07. The van der Waals surface area contributed by atoms with Crippen LogP contribution in [0.5, 0.6) is 0 Å². The summed E-state index contributed by atoms with van der Waals surface area (Å²) in [5, 5.41) is 10.9. The predicted molar refractivity (Wildman–Crippen MR) is 72.6 cm³/mol. The molecule has 3 aromatic rings. The van der Waals surface area contributed by atoms with Crippen LogP contribution in [0.15, 0.2) is 24.5 Å². The number of nitrogens with zero attached hydrogens (tertiary/aromatic N) is 4. The van der Waals surface area contributed by atoms with Crippen molar-refractivity contribution in [2.45, 2.75) is 0 Å². The van der Waals surface area contributed by atoms with Gasteiger partial charge in [-0.25, -0.2) is 15.0 Å². The number of nitro groups is 1. The van der Waals surface area contributed by atoms with Crippen LogP contribution in [0.2, 0.25) is 0 Å². The Labute approximate surface area is 111 Å². The molecular formula is C11H9N7O2. The quantitative estimate of drug-likeness (QED) is 0.358. The average Bonchev–Trinajstić information content (AvgIpc) is 2.84. The Morgan fingerprint density at radius 3 is 2.75 bits per heavy atom. The third kappa shape index (κ3) is 1.77. The van der Waals surface area contributed by atoms with Crippen molar-refractivity contribution in [2.24, 2.45) is 0 Å². The van der Waals surface area contributed by atoms with Gasteiger partial charge in [0.05, 0.1) is 4.92 Å². The molecule has 0 aliphatic rings. The second-order valence-corrected chi connectivity index (χ2v) is 4.07. The van der Waals surface area contributed by atoms with E-state index in [-0.39, 0.29) is 17.2 Å². The monoisotopic (exact) mass is 271 g/mol. The summed E-state index contributed by atoms with van der Waals surface area (Å²) in [7, 11) is 0. The van der Waals surface area contributed by atoms with E-state index in [0.717, 1.165) is 0 Å². The molecule has 9 heteroatoms. The Morgan fingerprint density at radius 1 is 1.25 bits per heavy atom. The maximum Gasteiger partial charge on any atom is 0.292 e. The zero-order valence-electron chi connectivity index (χ0n) is 10.1. The van der Waals surface area contributed by atoms with Gasteiger partial charge >= 0.3 is 0 Å². The largest absolute Gasteiger partial charge is 0.393 e. The van der Waals surface area contributed by atoms with Crippen LogP contribution >= 0.6 is 0 Å². The summed E-state index contributed by atoms with van der Waals surface area (Å²) in [6.07, 6.45) is 1.30. The number of nitrogen functional groups attached to an aromatic ring is 2. The number of fused-ring (bicyclic) bond motifs is 1. The molecule has 0 spiro atoms. The van der Waals surface area contributed by atoms with E-state index in [4.69, 9.17) is 11.5 Å². The number of hydrogen-bond acceptors (Lipinski definition) is 7. The van der Waals surface area contributed by atoms with Crippen LogP contribution in [0, 0.1) is 10.1 Å². The number of imidazole rings is 1. The van der Waals surface area contributed by atoms with Crippen LogP contribution in [0.3, 0.4) is 0 Å². The first-order valence-corrected chi connectivity index (χ1v) is 5.56. The highest BCUT2D eigenvalue weighted by atomic mass is 16.6. The van der Waals surface area contributed by atoms with Crippen LogP contribution in [0.1, 0.15) is 0 Å². The van der Waals surface area contributed by atoms with Gasteiger partial charge in [0, 0.05) is 11.6 Å². The zero-order valence-corrected chi connectivity index (χ0v) is 10.1.